The van der Waals surface area contributed by atoms with Crippen molar-refractivity contribution in [2.24, 2.45) is 18.7 Å². The van der Waals surface area contributed by atoms with Gasteiger partial charge in [0.1, 0.15) is 5.82 Å². The van der Waals surface area contributed by atoms with Crippen molar-refractivity contribution in [1.29, 1.82) is 0 Å². The van der Waals surface area contributed by atoms with Gasteiger partial charge in [-0.25, -0.2) is 0 Å². The van der Waals surface area contributed by atoms with Crippen LogP contribution in [0.25, 0.3) is 11.4 Å². The van der Waals surface area contributed by atoms with E-state index in [1.165, 1.54) is 0 Å². The Bertz CT molecular complexity index is 567. The van der Waals surface area contributed by atoms with Crippen LogP contribution in [0.3, 0.4) is 0 Å². The van der Waals surface area contributed by atoms with Crippen LogP contribution in [0, 0.1) is 12.8 Å². The summed E-state index contributed by atoms with van der Waals surface area (Å²) in [5.74, 6) is 2.53. The lowest BCUT2D eigenvalue weighted by Gasteiger charge is -2.22. The highest BCUT2D eigenvalue weighted by Gasteiger charge is 2.23. The van der Waals surface area contributed by atoms with E-state index in [4.69, 9.17) is 5.73 Å². The maximum Gasteiger partial charge on any atom is 0.167 e. The molecule has 1 atom stereocenters. The first-order valence-corrected chi connectivity index (χ1v) is 6.31. The van der Waals surface area contributed by atoms with E-state index >= 15 is 0 Å². The third-order valence-corrected chi connectivity index (χ3v) is 3.65. The Labute approximate surface area is 106 Å². The third-order valence-electron chi connectivity index (χ3n) is 3.65. The molecule has 6 heteroatoms. The summed E-state index contributed by atoms with van der Waals surface area (Å²) in [5, 5.41) is 13.0. The average Bonchev–Trinajstić information content (AvgIpc) is 2.91. The van der Waals surface area contributed by atoms with Gasteiger partial charge in [-0.15, -0.1) is 10.2 Å². The molecule has 2 aromatic heterocycles. The normalized spacial score (nSPS) is 18.9. The van der Waals surface area contributed by atoms with Crippen molar-refractivity contribution < 1.29 is 0 Å². The summed E-state index contributed by atoms with van der Waals surface area (Å²) in [5.41, 5.74) is 7.80. The summed E-state index contributed by atoms with van der Waals surface area (Å²) in [7, 11) is 1.93. The van der Waals surface area contributed by atoms with Crippen LogP contribution >= 0.6 is 0 Å². The predicted molar refractivity (Wildman–Crippen MR) is 67.8 cm³/mol. The standard InChI is InChI=1S/C12H18N6/c1-8-10(7-17(2)16-8)12-15-14-11-5-9(6-13)3-4-18(11)12/h7,9H,3-6,13H2,1-2H3. The molecule has 96 valence electrons. The lowest BCUT2D eigenvalue weighted by Crippen LogP contribution is -2.25. The number of nitrogens with two attached hydrogens (primary N) is 1. The monoisotopic (exact) mass is 246 g/mol. The highest BCUT2D eigenvalue weighted by atomic mass is 15.3. The predicted octanol–water partition coefficient (Wildman–Crippen LogP) is 0.508. The Balaban J connectivity index is 2.01. The van der Waals surface area contributed by atoms with Crippen LogP contribution in [-0.4, -0.2) is 31.1 Å². The van der Waals surface area contributed by atoms with E-state index in [0.717, 1.165) is 48.8 Å². The van der Waals surface area contributed by atoms with Gasteiger partial charge in [0, 0.05) is 26.2 Å². The summed E-state index contributed by atoms with van der Waals surface area (Å²) in [6.45, 7) is 3.68. The molecule has 0 aliphatic carbocycles. The molecule has 0 aromatic carbocycles. The Kier molecular flexibility index (Phi) is 2.66. The van der Waals surface area contributed by atoms with Gasteiger partial charge in [-0.05, 0) is 25.8 Å². The Morgan fingerprint density at radius 1 is 1.44 bits per heavy atom. The van der Waals surface area contributed by atoms with Gasteiger partial charge >= 0.3 is 0 Å². The molecule has 18 heavy (non-hydrogen) atoms. The molecule has 0 saturated heterocycles. The molecule has 0 bridgehead atoms. The first-order chi connectivity index (χ1) is 8.69. The van der Waals surface area contributed by atoms with Crippen molar-refractivity contribution in [2.45, 2.75) is 26.3 Å². The van der Waals surface area contributed by atoms with Gasteiger partial charge in [-0.3, -0.25) is 4.68 Å². The average molecular weight is 246 g/mol. The quantitative estimate of drug-likeness (QED) is 0.837. The van der Waals surface area contributed by atoms with E-state index in [1.807, 2.05) is 24.9 Å². The van der Waals surface area contributed by atoms with E-state index in [2.05, 4.69) is 19.9 Å². The molecule has 1 aliphatic heterocycles. The van der Waals surface area contributed by atoms with E-state index in [9.17, 15) is 0 Å². The van der Waals surface area contributed by atoms with Gasteiger partial charge in [0.15, 0.2) is 5.82 Å². The molecule has 0 saturated carbocycles. The van der Waals surface area contributed by atoms with E-state index in [-0.39, 0.29) is 0 Å². The van der Waals surface area contributed by atoms with E-state index < -0.39 is 0 Å². The van der Waals surface area contributed by atoms with Crippen LogP contribution in [-0.2, 0) is 20.0 Å². The number of hydrogen-bond donors (Lipinski definition) is 1. The molecule has 1 aliphatic rings. The molecule has 0 amide bonds. The number of fused-ring (bicyclic) bond motifs is 1. The molecule has 2 N–H and O–H groups in total. The molecule has 0 radical (unpaired) electrons. The largest absolute Gasteiger partial charge is 0.330 e. The molecule has 3 rings (SSSR count). The molecule has 2 aromatic rings. The smallest absolute Gasteiger partial charge is 0.167 e. The van der Waals surface area contributed by atoms with Gasteiger partial charge in [-0.2, -0.15) is 5.10 Å². The van der Waals surface area contributed by atoms with Crippen molar-refractivity contribution in [3.05, 3.63) is 17.7 Å². The van der Waals surface area contributed by atoms with Gasteiger partial charge in [0.25, 0.3) is 0 Å². The fourth-order valence-electron chi connectivity index (χ4n) is 2.61. The molecule has 6 nitrogen and oxygen atoms in total. The van der Waals surface area contributed by atoms with Crippen molar-refractivity contribution in [3.8, 4) is 11.4 Å². The molecular formula is C12H18N6. The molecule has 1 unspecified atom stereocenters. The van der Waals surface area contributed by atoms with Crippen molar-refractivity contribution in [1.82, 2.24) is 24.5 Å². The first-order valence-electron chi connectivity index (χ1n) is 6.31. The van der Waals surface area contributed by atoms with E-state index in [0.29, 0.717) is 5.92 Å². The van der Waals surface area contributed by atoms with Crippen molar-refractivity contribution >= 4 is 0 Å². The van der Waals surface area contributed by atoms with Gasteiger partial charge < -0.3 is 10.3 Å². The molecule has 0 fully saturated rings. The summed E-state index contributed by atoms with van der Waals surface area (Å²) in [6.07, 6.45) is 4.04. The molecular weight excluding hydrogens is 228 g/mol. The minimum absolute atomic E-state index is 0.546. The fourth-order valence-corrected chi connectivity index (χ4v) is 2.61. The molecule has 3 heterocycles. The minimum Gasteiger partial charge on any atom is -0.330 e. The maximum atomic E-state index is 5.73. The van der Waals surface area contributed by atoms with Crippen molar-refractivity contribution in [3.63, 3.8) is 0 Å². The second-order valence-corrected chi connectivity index (χ2v) is 4.99. The van der Waals surface area contributed by atoms with Crippen LogP contribution in [0.1, 0.15) is 17.9 Å². The first kappa shape index (κ1) is 11.4. The zero-order valence-electron chi connectivity index (χ0n) is 10.8. The number of rotatable bonds is 2. The highest BCUT2D eigenvalue weighted by Crippen LogP contribution is 2.26. The summed E-state index contributed by atoms with van der Waals surface area (Å²) < 4.78 is 4.02. The zero-order chi connectivity index (χ0) is 12.7. The van der Waals surface area contributed by atoms with Gasteiger partial charge in [0.05, 0.1) is 11.3 Å². The third kappa shape index (κ3) is 1.73. The minimum atomic E-state index is 0.546. The highest BCUT2D eigenvalue weighted by molar-refractivity contribution is 5.57. The second kappa shape index (κ2) is 4.20. The number of aryl methyl sites for hydroxylation is 2. The van der Waals surface area contributed by atoms with Crippen molar-refractivity contribution in [2.75, 3.05) is 6.54 Å². The van der Waals surface area contributed by atoms with Crippen LogP contribution in [0.15, 0.2) is 6.20 Å². The summed E-state index contributed by atoms with van der Waals surface area (Å²) in [4.78, 5) is 0. The zero-order valence-corrected chi connectivity index (χ0v) is 10.8. The van der Waals surface area contributed by atoms with Crippen LogP contribution in [0.5, 0.6) is 0 Å². The lowest BCUT2D eigenvalue weighted by molar-refractivity contribution is 0.391. The van der Waals surface area contributed by atoms with Crippen LogP contribution in [0.4, 0.5) is 0 Å². The Hall–Kier alpha value is -1.69. The number of aromatic nitrogens is 5. The summed E-state index contributed by atoms with van der Waals surface area (Å²) >= 11 is 0. The van der Waals surface area contributed by atoms with Crippen LogP contribution in [0.2, 0.25) is 0 Å². The van der Waals surface area contributed by atoms with E-state index in [1.54, 1.807) is 0 Å². The summed E-state index contributed by atoms with van der Waals surface area (Å²) in [6, 6.07) is 0. The second-order valence-electron chi connectivity index (χ2n) is 4.99. The number of hydrogen-bond acceptors (Lipinski definition) is 4. The topological polar surface area (TPSA) is 74.5 Å². The maximum absolute atomic E-state index is 5.73. The SMILES string of the molecule is Cc1nn(C)cc1-c1nnc2n1CCC(CN)C2. The Morgan fingerprint density at radius 3 is 2.94 bits per heavy atom. The number of nitrogens with zero attached hydrogens (tertiary/aromatic N) is 5. The fraction of sp³-hybridized carbons (Fsp3) is 0.583. The lowest BCUT2D eigenvalue weighted by atomic mass is 9.98. The van der Waals surface area contributed by atoms with Crippen LogP contribution < -0.4 is 5.73 Å². The Morgan fingerprint density at radius 2 is 2.28 bits per heavy atom. The van der Waals surface area contributed by atoms with Gasteiger partial charge in [0.2, 0.25) is 0 Å². The molecule has 0 spiro atoms. The van der Waals surface area contributed by atoms with Gasteiger partial charge in [-0.1, -0.05) is 0 Å².